The van der Waals surface area contributed by atoms with Crippen molar-refractivity contribution < 1.29 is 0 Å². The fourth-order valence-electron chi connectivity index (χ4n) is 12.5. The van der Waals surface area contributed by atoms with E-state index in [9.17, 15) is 0 Å². The van der Waals surface area contributed by atoms with E-state index < -0.39 is 5.41 Å². The maximum Gasteiger partial charge on any atom is 0.0726 e. The van der Waals surface area contributed by atoms with E-state index >= 15 is 0 Å². The fourth-order valence-corrected chi connectivity index (χ4v) is 12.5. The lowest BCUT2D eigenvalue weighted by atomic mass is 9.70. The Balaban J connectivity index is 1.14. The third-order valence-electron chi connectivity index (χ3n) is 15.3. The number of benzene rings is 11. The fraction of sp³-hybridized carbons (Fsp3) is 0.0625. The molecule has 1 heteroatoms. The van der Waals surface area contributed by atoms with E-state index in [0.717, 1.165) is 17.1 Å². The van der Waals surface area contributed by atoms with Crippen LogP contribution >= 0.6 is 0 Å². The number of fused-ring (bicyclic) bond motifs is 19. The molecule has 1 spiro atoms. The summed E-state index contributed by atoms with van der Waals surface area (Å²) in [5.41, 5.74) is 21.2. The molecule has 0 radical (unpaired) electrons. The monoisotopic (exact) mass is 825 g/mol. The Kier molecular flexibility index (Phi) is 7.45. The molecule has 0 saturated carbocycles. The molecular formula is C64H43N. The van der Waals surface area contributed by atoms with Gasteiger partial charge in [0.15, 0.2) is 0 Å². The Labute approximate surface area is 379 Å². The van der Waals surface area contributed by atoms with Gasteiger partial charge in [-0.1, -0.05) is 202 Å². The van der Waals surface area contributed by atoms with Crippen LogP contribution in [0.15, 0.2) is 224 Å². The number of hydrogen-bond donors (Lipinski definition) is 0. The van der Waals surface area contributed by atoms with E-state index in [0.29, 0.717) is 0 Å². The van der Waals surface area contributed by atoms with Crippen molar-refractivity contribution in [2.24, 2.45) is 0 Å². The molecule has 0 N–H and O–H groups in total. The van der Waals surface area contributed by atoms with Gasteiger partial charge in [0.2, 0.25) is 0 Å². The van der Waals surface area contributed by atoms with Gasteiger partial charge in [-0.05, 0) is 141 Å². The third-order valence-corrected chi connectivity index (χ3v) is 15.3. The minimum absolute atomic E-state index is 0.145. The van der Waals surface area contributed by atoms with Gasteiger partial charge in [-0.25, -0.2) is 0 Å². The normalized spacial score (nSPS) is 14.2. The van der Waals surface area contributed by atoms with Crippen molar-refractivity contribution >= 4 is 49.4 Å². The first-order chi connectivity index (χ1) is 32.0. The number of rotatable bonds is 4. The maximum atomic E-state index is 2.59. The van der Waals surface area contributed by atoms with E-state index in [1.165, 1.54) is 110 Å². The average Bonchev–Trinajstić information content (AvgIpc) is 3.92. The van der Waals surface area contributed by atoms with Crippen molar-refractivity contribution in [3.05, 3.63) is 258 Å². The number of hydrogen-bond acceptors (Lipinski definition) is 1. The van der Waals surface area contributed by atoms with Crippen molar-refractivity contribution in [3.63, 3.8) is 0 Å². The lowest BCUT2D eigenvalue weighted by Gasteiger charge is -2.33. The van der Waals surface area contributed by atoms with Gasteiger partial charge < -0.3 is 4.90 Å². The molecular weight excluding hydrogens is 783 g/mol. The molecule has 0 saturated heterocycles. The van der Waals surface area contributed by atoms with Crippen LogP contribution in [0.1, 0.15) is 47.2 Å². The second kappa shape index (κ2) is 13.3. The highest BCUT2D eigenvalue weighted by molar-refractivity contribution is 6.26. The van der Waals surface area contributed by atoms with Crippen molar-refractivity contribution in [1.82, 2.24) is 0 Å². The topological polar surface area (TPSA) is 3.24 Å². The van der Waals surface area contributed by atoms with Gasteiger partial charge in [0.25, 0.3) is 0 Å². The summed E-state index contributed by atoms with van der Waals surface area (Å²) in [6, 6.07) is 84.7. The minimum Gasteiger partial charge on any atom is -0.310 e. The highest BCUT2D eigenvalue weighted by Crippen LogP contribution is 2.65. The number of para-hydroxylation sites is 1. The van der Waals surface area contributed by atoms with Crippen molar-refractivity contribution in [3.8, 4) is 44.5 Å². The zero-order valence-corrected chi connectivity index (χ0v) is 36.3. The molecule has 0 atom stereocenters. The predicted octanol–water partition coefficient (Wildman–Crippen LogP) is 16.9. The molecule has 304 valence electrons. The summed E-state index contributed by atoms with van der Waals surface area (Å²) in [6.07, 6.45) is 0. The van der Waals surface area contributed by atoms with E-state index in [1.807, 2.05) is 0 Å². The maximum absolute atomic E-state index is 2.59. The predicted molar refractivity (Wildman–Crippen MR) is 273 cm³/mol. The number of anilines is 3. The van der Waals surface area contributed by atoms with E-state index in [2.05, 4.69) is 243 Å². The van der Waals surface area contributed by atoms with Gasteiger partial charge in [0, 0.05) is 22.4 Å². The van der Waals surface area contributed by atoms with Crippen LogP contribution in [0, 0.1) is 0 Å². The molecule has 0 fully saturated rings. The summed E-state index contributed by atoms with van der Waals surface area (Å²) in [5.74, 6) is 0. The first-order valence-electron chi connectivity index (χ1n) is 22.9. The molecule has 0 heterocycles. The zero-order valence-electron chi connectivity index (χ0n) is 36.3. The van der Waals surface area contributed by atoms with Crippen LogP contribution < -0.4 is 4.90 Å². The lowest BCUT2D eigenvalue weighted by Crippen LogP contribution is -2.26. The summed E-state index contributed by atoms with van der Waals surface area (Å²) >= 11 is 0. The molecule has 14 rings (SSSR count). The van der Waals surface area contributed by atoms with E-state index in [4.69, 9.17) is 0 Å². The molecule has 3 aliphatic carbocycles. The smallest absolute Gasteiger partial charge is 0.0726 e. The molecule has 1 nitrogen and oxygen atoms in total. The van der Waals surface area contributed by atoms with Crippen molar-refractivity contribution in [2.75, 3.05) is 4.90 Å². The van der Waals surface area contributed by atoms with Crippen LogP contribution in [0.3, 0.4) is 0 Å². The largest absolute Gasteiger partial charge is 0.310 e. The summed E-state index contributed by atoms with van der Waals surface area (Å²) < 4.78 is 0. The number of nitrogens with zero attached hydrogens (tertiary/aromatic N) is 1. The van der Waals surface area contributed by atoms with Gasteiger partial charge in [0.05, 0.1) is 11.1 Å². The molecule has 0 aromatic heterocycles. The first kappa shape index (κ1) is 36.5. The second-order valence-electron chi connectivity index (χ2n) is 18.7. The van der Waals surface area contributed by atoms with Gasteiger partial charge in [-0.15, -0.1) is 0 Å². The molecule has 3 aliphatic rings. The SMILES string of the molecule is CC1(C)c2ccccc2-c2c(-c3cc4c(cc3N(c3ccccc3)c3ccc5c6ccccc6c6ccccc6c5c3)C3(c5ccccc5-c5ccccc53)c3ccccc3-4)cccc21. The quantitative estimate of drug-likeness (QED) is 0.160. The second-order valence-corrected chi connectivity index (χ2v) is 18.7. The molecule has 0 aliphatic heterocycles. The van der Waals surface area contributed by atoms with Crippen LogP contribution in [0.25, 0.3) is 76.8 Å². The zero-order chi connectivity index (χ0) is 43.0. The average molecular weight is 826 g/mol. The highest BCUT2D eigenvalue weighted by atomic mass is 15.1. The lowest BCUT2D eigenvalue weighted by molar-refractivity contribution is 0.660. The Bertz CT molecular complexity index is 3730. The molecule has 65 heavy (non-hydrogen) atoms. The Morgan fingerprint density at radius 3 is 1.35 bits per heavy atom. The third kappa shape index (κ3) is 4.77. The van der Waals surface area contributed by atoms with Crippen LogP contribution in [0.5, 0.6) is 0 Å². The van der Waals surface area contributed by atoms with E-state index in [1.54, 1.807) is 0 Å². The summed E-state index contributed by atoms with van der Waals surface area (Å²) in [5, 5.41) is 7.61. The Hall–Kier alpha value is -8.00. The van der Waals surface area contributed by atoms with Crippen LogP contribution in [-0.2, 0) is 10.8 Å². The van der Waals surface area contributed by atoms with Gasteiger partial charge >= 0.3 is 0 Å². The van der Waals surface area contributed by atoms with Crippen LogP contribution in [0.4, 0.5) is 17.1 Å². The minimum atomic E-state index is -0.500. The Morgan fingerprint density at radius 2 is 0.738 bits per heavy atom. The molecule has 0 unspecified atom stereocenters. The first-order valence-corrected chi connectivity index (χ1v) is 22.9. The van der Waals surface area contributed by atoms with E-state index in [-0.39, 0.29) is 5.41 Å². The van der Waals surface area contributed by atoms with Crippen LogP contribution in [0.2, 0.25) is 0 Å². The molecule has 0 amide bonds. The summed E-state index contributed by atoms with van der Waals surface area (Å²) in [6.45, 7) is 4.78. The molecule has 0 bridgehead atoms. The molecule has 11 aromatic rings. The van der Waals surface area contributed by atoms with Gasteiger partial charge in [-0.3, -0.25) is 0 Å². The molecule has 11 aromatic carbocycles. The van der Waals surface area contributed by atoms with Gasteiger partial charge in [-0.2, -0.15) is 0 Å². The van der Waals surface area contributed by atoms with Crippen LogP contribution in [-0.4, -0.2) is 0 Å². The highest BCUT2D eigenvalue weighted by Gasteiger charge is 2.52. The van der Waals surface area contributed by atoms with Gasteiger partial charge in [0.1, 0.15) is 0 Å². The van der Waals surface area contributed by atoms with Crippen molar-refractivity contribution in [2.45, 2.75) is 24.7 Å². The Morgan fingerprint density at radius 1 is 0.277 bits per heavy atom. The summed E-state index contributed by atoms with van der Waals surface area (Å²) in [4.78, 5) is 2.55. The van der Waals surface area contributed by atoms with Crippen molar-refractivity contribution in [1.29, 1.82) is 0 Å². The summed E-state index contributed by atoms with van der Waals surface area (Å²) in [7, 11) is 0. The standard InChI is InChI=1S/C64H43N/c1-63(2)55-30-14-13-28-51(55)62-50(29-18-34-59(62)63)54-38-53-49-27-12-17-33-58(49)64(56-31-15-10-25-47(56)48-26-11-16-32-57(48)64)60(53)39-61(54)65(40-19-4-3-5-20-40)41-35-36-46-44-23-7-6-21-42(44)43-22-8-9-24-45(43)52(46)37-41/h3-39H,1-2H3.